The van der Waals surface area contributed by atoms with Crippen molar-refractivity contribution in [2.75, 3.05) is 12.4 Å². The molecule has 90 valence electrons. The Balaban J connectivity index is 3.70. The van der Waals surface area contributed by atoms with Crippen LogP contribution in [0.1, 0.15) is 39.5 Å². The van der Waals surface area contributed by atoms with Gasteiger partial charge >= 0.3 is 0 Å². The molecular formula is C12H20ClN3. The van der Waals surface area contributed by atoms with E-state index in [9.17, 15) is 0 Å². The molecule has 3 nitrogen and oxygen atoms in total. The van der Waals surface area contributed by atoms with Crippen LogP contribution in [0, 0.1) is 0 Å². The van der Waals surface area contributed by atoms with Gasteiger partial charge in [0.1, 0.15) is 0 Å². The van der Waals surface area contributed by atoms with Gasteiger partial charge in [0.05, 0.1) is 0 Å². The summed E-state index contributed by atoms with van der Waals surface area (Å²) in [5.41, 5.74) is 10.8. The fourth-order valence-electron chi connectivity index (χ4n) is 1.36. The van der Waals surface area contributed by atoms with Crippen molar-refractivity contribution in [3.8, 4) is 0 Å². The van der Waals surface area contributed by atoms with Crippen molar-refractivity contribution in [3.05, 3.63) is 33.7 Å². The van der Waals surface area contributed by atoms with Crippen LogP contribution in [0.2, 0.25) is 0 Å². The second-order valence-corrected chi connectivity index (χ2v) is 4.16. The topological polar surface area (TPSA) is 48.8 Å². The number of hydrogen-bond donors (Lipinski definition) is 0. The molecule has 0 heterocycles. The van der Waals surface area contributed by atoms with Gasteiger partial charge in [-0.3, -0.25) is 0 Å². The van der Waals surface area contributed by atoms with E-state index in [1.54, 1.807) is 0 Å². The minimum atomic E-state index is 0.590. The van der Waals surface area contributed by atoms with Crippen LogP contribution in [-0.4, -0.2) is 12.4 Å². The second kappa shape index (κ2) is 10.6. The first-order valence-electron chi connectivity index (χ1n) is 5.58. The minimum absolute atomic E-state index is 0.590. The third-order valence-electron chi connectivity index (χ3n) is 2.35. The summed E-state index contributed by atoms with van der Waals surface area (Å²) < 4.78 is 0. The van der Waals surface area contributed by atoms with Crippen molar-refractivity contribution >= 4 is 11.6 Å². The van der Waals surface area contributed by atoms with Gasteiger partial charge in [-0.2, -0.15) is 0 Å². The molecule has 0 saturated heterocycles. The molecule has 0 aromatic heterocycles. The van der Waals surface area contributed by atoms with Crippen molar-refractivity contribution in [3.63, 3.8) is 0 Å². The van der Waals surface area contributed by atoms with Gasteiger partial charge in [0.15, 0.2) is 0 Å². The molecule has 0 unspecified atom stereocenters. The monoisotopic (exact) mass is 241 g/mol. The Kier molecular flexibility index (Phi) is 9.98. The second-order valence-electron chi connectivity index (χ2n) is 3.85. The molecule has 0 amide bonds. The van der Waals surface area contributed by atoms with Gasteiger partial charge in [-0.1, -0.05) is 28.4 Å². The van der Waals surface area contributed by atoms with Gasteiger partial charge < -0.3 is 0 Å². The van der Waals surface area contributed by atoms with Crippen LogP contribution in [0.15, 0.2) is 28.4 Å². The van der Waals surface area contributed by atoms with E-state index < -0.39 is 0 Å². The van der Waals surface area contributed by atoms with Gasteiger partial charge in [0, 0.05) is 17.3 Å². The van der Waals surface area contributed by atoms with E-state index in [0.717, 1.165) is 25.7 Å². The summed E-state index contributed by atoms with van der Waals surface area (Å²) in [7, 11) is 0. The SMILES string of the molecule is C/C(=C\CCl)CC/C=C(\C)CCCN=[N+]=[N-]. The van der Waals surface area contributed by atoms with Gasteiger partial charge in [-0.15, -0.1) is 11.6 Å². The Bertz CT molecular complexity index is 289. The molecule has 0 aliphatic rings. The molecule has 0 aromatic rings. The summed E-state index contributed by atoms with van der Waals surface area (Å²) in [6, 6.07) is 0. The van der Waals surface area contributed by atoms with Crippen LogP contribution in [-0.2, 0) is 0 Å². The third-order valence-corrected chi connectivity index (χ3v) is 2.50. The molecule has 0 aromatic carbocycles. The molecule has 0 rings (SSSR count). The van der Waals surface area contributed by atoms with E-state index in [1.165, 1.54) is 11.1 Å². The standard InChI is InChI=1S/C12H20ClN3/c1-11(7-4-10-15-16-14)5-3-6-12(2)8-9-13/h5,8H,3-4,6-7,9-10H2,1-2H3/b11-5+,12-8+. The Hall–Kier alpha value is -0.920. The van der Waals surface area contributed by atoms with Crippen molar-refractivity contribution in [1.82, 2.24) is 0 Å². The Labute approximate surface area is 103 Å². The largest absolute Gasteiger partial charge is 0.122 e. The maximum absolute atomic E-state index is 8.11. The van der Waals surface area contributed by atoms with Crippen LogP contribution in [0.25, 0.3) is 10.4 Å². The number of alkyl halides is 1. The number of halogens is 1. The highest BCUT2D eigenvalue weighted by molar-refractivity contribution is 6.18. The van der Waals surface area contributed by atoms with Crippen LogP contribution in [0.4, 0.5) is 0 Å². The number of nitrogens with zero attached hydrogens (tertiary/aromatic N) is 3. The third kappa shape index (κ3) is 9.63. The van der Waals surface area contributed by atoms with E-state index in [0.29, 0.717) is 12.4 Å². The van der Waals surface area contributed by atoms with Crippen molar-refractivity contribution in [2.45, 2.75) is 39.5 Å². The zero-order valence-electron chi connectivity index (χ0n) is 10.1. The molecule has 0 N–H and O–H groups in total. The molecule has 0 saturated carbocycles. The fraction of sp³-hybridized carbons (Fsp3) is 0.667. The van der Waals surface area contributed by atoms with Gasteiger partial charge in [-0.05, 0) is 45.1 Å². The fourth-order valence-corrected chi connectivity index (χ4v) is 1.62. The molecule has 0 spiro atoms. The van der Waals surface area contributed by atoms with Gasteiger partial charge in [0.2, 0.25) is 0 Å². The lowest BCUT2D eigenvalue weighted by atomic mass is 10.1. The normalized spacial score (nSPS) is 12.4. The predicted octanol–water partition coefficient (Wildman–Crippen LogP) is 4.99. The number of hydrogen-bond acceptors (Lipinski definition) is 1. The van der Waals surface area contributed by atoms with Crippen LogP contribution < -0.4 is 0 Å². The molecular weight excluding hydrogens is 222 g/mol. The Morgan fingerprint density at radius 1 is 1.25 bits per heavy atom. The molecule has 0 atom stereocenters. The highest BCUT2D eigenvalue weighted by Crippen LogP contribution is 2.10. The Morgan fingerprint density at radius 2 is 1.94 bits per heavy atom. The average Bonchev–Trinajstić information content (AvgIpc) is 2.25. The molecule has 0 aliphatic carbocycles. The lowest BCUT2D eigenvalue weighted by Crippen LogP contribution is -1.83. The minimum Gasteiger partial charge on any atom is -0.122 e. The zero-order valence-corrected chi connectivity index (χ0v) is 10.9. The maximum atomic E-state index is 8.11. The predicted molar refractivity (Wildman–Crippen MR) is 70.7 cm³/mol. The molecule has 0 radical (unpaired) electrons. The summed E-state index contributed by atoms with van der Waals surface area (Å²) in [6.45, 7) is 4.82. The highest BCUT2D eigenvalue weighted by atomic mass is 35.5. The lowest BCUT2D eigenvalue weighted by Gasteiger charge is -2.00. The van der Waals surface area contributed by atoms with E-state index >= 15 is 0 Å². The highest BCUT2D eigenvalue weighted by Gasteiger charge is 1.91. The van der Waals surface area contributed by atoms with E-state index in [1.807, 2.05) is 6.08 Å². The summed E-state index contributed by atoms with van der Waals surface area (Å²) in [6.07, 6.45) is 8.38. The maximum Gasteiger partial charge on any atom is 0.0406 e. The first kappa shape index (κ1) is 15.1. The lowest BCUT2D eigenvalue weighted by molar-refractivity contribution is 0.810. The van der Waals surface area contributed by atoms with Crippen LogP contribution >= 0.6 is 11.6 Å². The first-order valence-corrected chi connectivity index (χ1v) is 6.12. The summed E-state index contributed by atoms with van der Waals surface area (Å²) in [5, 5.41) is 3.51. The van der Waals surface area contributed by atoms with Crippen LogP contribution in [0.3, 0.4) is 0 Å². The number of azide groups is 1. The van der Waals surface area contributed by atoms with Crippen molar-refractivity contribution in [1.29, 1.82) is 0 Å². The summed E-state index contributed by atoms with van der Waals surface area (Å²) in [4.78, 5) is 2.72. The smallest absolute Gasteiger partial charge is 0.0406 e. The van der Waals surface area contributed by atoms with Crippen molar-refractivity contribution < 1.29 is 0 Å². The first-order chi connectivity index (χ1) is 7.70. The molecule has 4 heteroatoms. The van der Waals surface area contributed by atoms with Gasteiger partial charge in [-0.25, -0.2) is 0 Å². The average molecular weight is 242 g/mol. The van der Waals surface area contributed by atoms with Crippen molar-refractivity contribution in [2.24, 2.45) is 5.11 Å². The Morgan fingerprint density at radius 3 is 2.56 bits per heavy atom. The van der Waals surface area contributed by atoms with Gasteiger partial charge in [0.25, 0.3) is 0 Å². The molecule has 16 heavy (non-hydrogen) atoms. The molecule has 0 bridgehead atoms. The number of rotatable bonds is 8. The van der Waals surface area contributed by atoms with E-state index in [2.05, 4.69) is 29.9 Å². The molecule has 0 aliphatic heterocycles. The zero-order chi connectivity index (χ0) is 12.2. The summed E-state index contributed by atoms with van der Waals surface area (Å²) >= 11 is 5.60. The van der Waals surface area contributed by atoms with E-state index in [4.69, 9.17) is 17.1 Å². The van der Waals surface area contributed by atoms with E-state index in [-0.39, 0.29) is 0 Å². The van der Waals surface area contributed by atoms with Crippen LogP contribution in [0.5, 0.6) is 0 Å². The summed E-state index contributed by atoms with van der Waals surface area (Å²) in [5.74, 6) is 0.598. The molecule has 0 fully saturated rings. The quantitative estimate of drug-likeness (QED) is 0.144. The number of allylic oxidation sites excluding steroid dienone is 4.